The lowest BCUT2D eigenvalue weighted by Crippen LogP contribution is -2.41. The molecule has 6 rings (SSSR count). The van der Waals surface area contributed by atoms with E-state index < -0.39 is 21.5 Å². The summed E-state index contributed by atoms with van der Waals surface area (Å²) in [6.07, 6.45) is 0.592. The second-order valence-corrected chi connectivity index (χ2v) is 14.1. The van der Waals surface area contributed by atoms with Gasteiger partial charge in [-0.05, 0) is 41.8 Å². The molecule has 4 aromatic rings. The molecule has 236 valence electrons. The van der Waals surface area contributed by atoms with Gasteiger partial charge in [0.15, 0.2) is 5.13 Å². The van der Waals surface area contributed by atoms with Crippen molar-refractivity contribution in [1.82, 2.24) is 19.2 Å². The van der Waals surface area contributed by atoms with Crippen LogP contribution in [0, 0.1) is 0 Å². The van der Waals surface area contributed by atoms with Gasteiger partial charge in [0.1, 0.15) is 10.3 Å². The fourth-order valence-corrected chi connectivity index (χ4v) is 8.28. The number of fused-ring (bicyclic) bond motifs is 3. The molecule has 1 fully saturated rings. The average molecular weight is 651 g/mol. The third-order valence-electron chi connectivity index (χ3n) is 8.37. The molecule has 3 amide bonds. The Morgan fingerprint density at radius 1 is 1.07 bits per heavy atom. The first-order valence-electron chi connectivity index (χ1n) is 14.5. The lowest BCUT2D eigenvalue weighted by Gasteiger charge is -2.26. The third kappa shape index (κ3) is 5.98. The Labute approximate surface area is 265 Å². The number of sulfonamides is 1. The van der Waals surface area contributed by atoms with Crippen molar-refractivity contribution >= 4 is 54.5 Å². The summed E-state index contributed by atoms with van der Waals surface area (Å²) in [6, 6.07) is 17.4. The van der Waals surface area contributed by atoms with E-state index in [0.29, 0.717) is 46.6 Å². The van der Waals surface area contributed by atoms with Gasteiger partial charge in [-0.2, -0.15) is 4.31 Å². The first-order chi connectivity index (χ1) is 21.6. The van der Waals surface area contributed by atoms with Crippen molar-refractivity contribution in [2.75, 3.05) is 57.2 Å². The molecule has 2 aromatic carbocycles. The molecule has 0 aliphatic carbocycles. The Bertz CT molecular complexity index is 1850. The van der Waals surface area contributed by atoms with Crippen LogP contribution >= 0.6 is 11.3 Å². The van der Waals surface area contributed by atoms with E-state index in [1.54, 1.807) is 40.1 Å². The number of aromatic nitrogens is 2. The molecule has 1 saturated heterocycles. The second-order valence-electron chi connectivity index (χ2n) is 11.2. The lowest BCUT2D eigenvalue weighted by atomic mass is 9.81. The first kappa shape index (κ1) is 30.9. The summed E-state index contributed by atoms with van der Waals surface area (Å²) < 4.78 is 40.0. The maximum absolute atomic E-state index is 14.1. The van der Waals surface area contributed by atoms with Gasteiger partial charge in [0.25, 0.3) is 0 Å². The van der Waals surface area contributed by atoms with Gasteiger partial charge in [0.2, 0.25) is 21.8 Å². The van der Waals surface area contributed by atoms with E-state index in [4.69, 9.17) is 9.47 Å². The molecule has 1 spiro atoms. The Morgan fingerprint density at radius 2 is 1.87 bits per heavy atom. The molecule has 1 atom stereocenters. The zero-order valence-electron chi connectivity index (χ0n) is 25.2. The van der Waals surface area contributed by atoms with Crippen LogP contribution in [0.2, 0.25) is 0 Å². The second kappa shape index (κ2) is 12.4. The topological polar surface area (TPSA) is 134 Å². The molecule has 2 aromatic heterocycles. The van der Waals surface area contributed by atoms with Crippen LogP contribution in [0.5, 0.6) is 5.88 Å². The van der Waals surface area contributed by atoms with Crippen molar-refractivity contribution in [3.8, 4) is 5.88 Å². The number of nitrogens with zero attached hydrogens (tertiary/aromatic N) is 5. The summed E-state index contributed by atoms with van der Waals surface area (Å²) in [5, 5.41) is 3.28. The van der Waals surface area contributed by atoms with Crippen LogP contribution in [0.4, 0.5) is 15.6 Å². The molecule has 14 heteroatoms. The number of benzene rings is 2. The van der Waals surface area contributed by atoms with Crippen LogP contribution in [0.15, 0.2) is 65.6 Å². The summed E-state index contributed by atoms with van der Waals surface area (Å²) in [5.74, 6) is 0.386. The Balaban J connectivity index is 1.34. The van der Waals surface area contributed by atoms with Crippen LogP contribution in [0.25, 0.3) is 10.3 Å². The SMILES string of the molecule is COCCN(Cc1ccccc1)S(=O)(=O)c1ccc2c(c1)C1(CCN(C(C)=O)C1)CN2C(=O)Nc1nc2ccc(OC)nc2s1. The minimum Gasteiger partial charge on any atom is -0.481 e. The van der Waals surface area contributed by atoms with Gasteiger partial charge >= 0.3 is 6.03 Å². The molecule has 2 aliphatic rings. The lowest BCUT2D eigenvalue weighted by molar-refractivity contribution is -0.127. The Hall–Kier alpha value is -4.11. The van der Waals surface area contributed by atoms with E-state index in [-0.39, 0.29) is 37.0 Å². The maximum Gasteiger partial charge on any atom is 0.328 e. The molecular weight excluding hydrogens is 617 g/mol. The minimum absolute atomic E-state index is 0.0638. The predicted molar refractivity (Wildman–Crippen MR) is 171 cm³/mol. The van der Waals surface area contributed by atoms with Gasteiger partial charge in [0, 0.05) is 63.9 Å². The van der Waals surface area contributed by atoms with E-state index in [1.165, 1.54) is 36.8 Å². The van der Waals surface area contributed by atoms with Gasteiger partial charge in [-0.3, -0.25) is 15.0 Å². The van der Waals surface area contributed by atoms with Gasteiger partial charge in [-0.15, -0.1) is 0 Å². The number of hydrogen-bond donors (Lipinski definition) is 1. The van der Waals surface area contributed by atoms with Crippen LogP contribution in [0.1, 0.15) is 24.5 Å². The molecular formula is C31H34N6O6S2. The number of nitrogens with one attached hydrogen (secondary N) is 1. The van der Waals surface area contributed by atoms with Gasteiger partial charge in [-0.1, -0.05) is 41.7 Å². The van der Waals surface area contributed by atoms with E-state index in [2.05, 4.69) is 15.3 Å². The molecule has 1 unspecified atom stereocenters. The minimum atomic E-state index is -3.95. The number of carbonyl (C=O) groups excluding carboxylic acids is 2. The van der Waals surface area contributed by atoms with Crippen LogP contribution in [-0.2, 0) is 31.5 Å². The summed E-state index contributed by atoms with van der Waals surface area (Å²) in [7, 11) is -0.878. The first-order valence-corrected chi connectivity index (χ1v) is 16.7. The summed E-state index contributed by atoms with van der Waals surface area (Å²) in [6.45, 7) is 3.29. The third-order valence-corrected chi connectivity index (χ3v) is 11.1. The molecule has 1 N–H and O–H groups in total. The predicted octanol–water partition coefficient (Wildman–Crippen LogP) is 4.08. The zero-order valence-corrected chi connectivity index (χ0v) is 26.9. The van der Waals surface area contributed by atoms with Crippen molar-refractivity contribution in [3.05, 3.63) is 71.8 Å². The Morgan fingerprint density at radius 3 is 2.58 bits per heavy atom. The highest BCUT2D eigenvalue weighted by Gasteiger charge is 2.50. The number of anilines is 2. The maximum atomic E-state index is 14.1. The number of ether oxygens (including phenoxy) is 2. The van der Waals surface area contributed by atoms with E-state index in [9.17, 15) is 18.0 Å². The number of methoxy groups -OCH3 is 2. The normalized spacial score (nSPS) is 17.8. The fraction of sp³-hybridized carbons (Fsp3) is 0.355. The molecule has 45 heavy (non-hydrogen) atoms. The number of thiazole rings is 1. The highest BCUT2D eigenvalue weighted by molar-refractivity contribution is 7.89. The molecule has 12 nitrogen and oxygen atoms in total. The Kier molecular flexibility index (Phi) is 8.48. The highest BCUT2D eigenvalue weighted by Crippen LogP contribution is 2.47. The fourth-order valence-electron chi connectivity index (χ4n) is 6.02. The van der Waals surface area contributed by atoms with Gasteiger partial charge in [-0.25, -0.2) is 23.2 Å². The van der Waals surface area contributed by atoms with E-state index in [1.807, 2.05) is 30.3 Å². The zero-order chi connectivity index (χ0) is 31.8. The largest absolute Gasteiger partial charge is 0.481 e. The monoisotopic (exact) mass is 650 g/mol. The number of pyridine rings is 1. The highest BCUT2D eigenvalue weighted by atomic mass is 32.2. The average Bonchev–Trinajstić information content (AvgIpc) is 3.74. The number of amides is 3. The summed E-state index contributed by atoms with van der Waals surface area (Å²) in [5.41, 5.74) is 2.19. The number of rotatable bonds is 9. The number of urea groups is 1. The molecule has 0 saturated carbocycles. The van der Waals surface area contributed by atoms with Crippen LogP contribution < -0.4 is 15.0 Å². The van der Waals surface area contributed by atoms with Crippen molar-refractivity contribution < 1.29 is 27.5 Å². The number of carbonyl (C=O) groups is 2. The molecule has 0 bridgehead atoms. The van der Waals surface area contributed by atoms with Crippen molar-refractivity contribution in [3.63, 3.8) is 0 Å². The van der Waals surface area contributed by atoms with Crippen LogP contribution in [0.3, 0.4) is 0 Å². The molecule has 4 heterocycles. The van der Waals surface area contributed by atoms with Crippen LogP contribution in [-0.4, -0.2) is 86.5 Å². The smallest absolute Gasteiger partial charge is 0.328 e. The van der Waals surface area contributed by atoms with Gasteiger partial charge in [0.05, 0.1) is 18.6 Å². The van der Waals surface area contributed by atoms with E-state index in [0.717, 1.165) is 11.1 Å². The van der Waals surface area contributed by atoms with Crippen molar-refractivity contribution in [2.24, 2.45) is 0 Å². The standard InChI is InChI=1S/C31H34N6O6S2/c1-21(38)35-14-13-31(19-35)20-37(30(39)34-29-32-25-10-12-27(43-3)33-28(25)44-29)26-11-9-23(17-24(26)31)45(40,41)36(15-16-42-2)18-22-7-5-4-6-8-22/h4-12,17H,13-16,18-20H2,1-3H3,(H,32,34,39). The molecule has 2 aliphatic heterocycles. The van der Waals surface area contributed by atoms with Crippen molar-refractivity contribution in [1.29, 1.82) is 0 Å². The number of likely N-dealkylation sites (tertiary alicyclic amines) is 1. The quantitative estimate of drug-likeness (QED) is 0.287. The van der Waals surface area contributed by atoms with Gasteiger partial charge < -0.3 is 14.4 Å². The van der Waals surface area contributed by atoms with Crippen molar-refractivity contribution in [2.45, 2.75) is 30.2 Å². The summed E-state index contributed by atoms with van der Waals surface area (Å²) in [4.78, 5) is 39.1. The number of hydrogen-bond acceptors (Lipinski definition) is 9. The van der Waals surface area contributed by atoms with E-state index >= 15 is 0 Å². The molecule has 0 radical (unpaired) electrons. The summed E-state index contributed by atoms with van der Waals surface area (Å²) >= 11 is 1.23.